The van der Waals surface area contributed by atoms with Gasteiger partial charge in [-0.2, -0.15) is 0 Å². The van der Waals surface area contributed by atoms with Crippen LogP contribution in [0.1, 0.15) is 50.5 Å². The second-order valence-electron chi connectivity index (χ2n) is 5.66. The Morgan fingerprint density at radius 3 is 2.11 bits per heavy atom. The van der Waals surface area contributed by atoms with Crippen molar-refractivity contribution in [3.8, 4) is 0 Å². The third-order valence-corrected chi connectivity index (χ3v) is 4.75. The number of carbonyl (C=O) groups is 1. The number of hydrogen-bond acceptors (Lipinski definition) is 1. The van der Waals surface area contributed by atoms with Crippen LogP contribution in [-0.4, -0.2) is 11.1 Å². The zero-order valence-electron chi connectivity index (χ0n) is 11.2. The molecule has 3 heteroatoms. The number of aliphatic carboxylic acids is 1. The molecule has 0 saturated heterocycles. The first kappa shape index (κ1) is 14.6. The fourth-order valence-electron chi connectivity index (χ4n) is 3.04. The molecule has 0 aliphatic heterocycles. The molecular weight excluding hydrogens is 304 g/mol. The lowest BCUT2D eigenvalue weighted by atomic mass is 9.72. The van der Waals surface area contributed by atoms with Gasteiger partial charge < -0.3 is 5.11 Å². The average molecular weight is 325 g/mol. The molecule has 1 N–H and O–H groups in total. The monoisotopic (exact) mass is 324 g/mol. The van der Waals surface area contributed by atoms with Crippen molar-refractivity contribution in [3.05, 3.63) is 34.3 Å². The number of carboxylic acids is 1. The van der Waals surface area contributed by atoms with Crippen LogP contribution >= 0.6 is 15.9 Å². The van der Waals surface area contributed by atoms with Gasteiger partial charge in [0.05, 0.1) is 5.41 Å². The minimum atomic E-state index is -0.614. The van der Waals surface area contributed by atoms with Crippen LogP contribution in [-0.2, 0) is 11.2 Å². The summed E-state index contributed by atoms with van der Waals surface area (Å²) in [6.07, 6.45) is 8.00. The Labute approximate surface area is 123 Å². The number of hydrogen-bond donors (Lipinski definition) is 1. The van der Waals surface area contributed by atoms with Crippen molar-refractivity contribution >= 4 is 21.9 Å². The van der Waals surface area contributed by atoms with E-state index in [1.165, 1.54) is 19.3 Å². The van der Waals surface area contributed by atoms with Crippen LogP contribution in [0.25, 0.3) is 0 Å². The molecule has 0 aromatic heterocycles. The van der Waals surface area contributed by atoms with Crippen LogP contribution in [0.5, 0.6) is 0 Å². The van der Waals surface area contributed by atoms with Crippen LogP contribution in [0, 0.1) is 5.41 Å². The lowest BCUT2D eigenvalue weighted by Crippen LogP contribution is -2.34. The number of carboxylic acid groups (broad SMARTS) is 1. The minimum absolute atomic E-state index is 0.547. The summed E-state index contributed by atoms with van der Waals surface area (Å²) >= 11 is 3.42. The normalized spacial score (nSPS) is 19.4. The van der Waals surface area contributed by atoms with Crippen molar-refractivity contribution in [2.45, 2.75) is 51.4 Å². The number of halogens is 1. The summed E-state index contributed by atoms with van der Waals surface area (Å²) in [4.78, 5) is 11.8. The number of rotatable bonds is 3. The molecule has 19 heavy (non-hydrogen) atoms. The molecule has 2 nitrogen and oxygen atoms in total. The molecule has 1 aliphatic carbocycles. The van der Waals surface area contributed by atoms with E-state index >= 15 is 0 Å². The van der Waals surface area contributed by atoms with Crippen molar-refractivity contribution < 1.29 is 9.90 Å². The van der Waals surface area contributed by atoms with E-state index in [-0.39, 0.29) is 0 Å². The van der Waals surface area contributed by atoms with E-state index in [0.717, 1.165) is 35.7 Å². The molecule has 1 saturated carbocycles. The largest absolute Gasteiger partial charge is 0.481 e. The van der Waals surface area contributed by atoms with Gasteiger partial charge in [-0.25, -0.2) is 0 Å². The van der Waals surface area contributed by atoms with Crippen molar-refractivity contribution in [1.29, 1.82) is 0 Å². The maximum atomic E-state index is 11.8. The van der Waals surface area contributed by atoms with Gasteiger partial charge in [0.15, 0.2) is 0 Å². The predicted molar refractivity (Wildman–Crippen MR) is 80.2 cm³/mol. The Morgan fingerprint density at radius 2 is 1.58 bits per heavy atom. The highest BCUT2D eigenvalue weighted by Gasteiger charge is 2.38. The van der Waals surface area contributed by atoms with Gasteiger partial charge in [0.25, 0.3) is 0 Å². The first-order valence-electron chi connectivity index (χ1n) is 7.10. The Morgan fingerprint density at radius 1 is 1.05 bits per heavy atom. The van der Waals surface area contributed by atoms with E-state index in [1.807, 2.05) is 24.3 Å². The van der Waals surface area contributed by atoms with Gasteiger partial charge in [-0.3, -0.25) is 4.79 Å². The smallest absolute Gasteiger partial charge is 0.309 e. The van der Waals surface area contributed by atoms with E-state index in [0.29, 0.717) is 6.42 Å². The van der Waals surface area contributed by atoms with E-state index in [1.54, 1.807) is 0 Å². The molecule has 0 heterocycles. The summed E-state index contributed by atoms with van der Waals surface area (Å²) in [5.74, 6) is -0.614. The number of benzene rings is 1. The van der Waals surface area contributed by atoms with Crippen molar-refractivity contribution in [2.24, 2.45) is 5.41 Å². The second kappa shape index (κ2) is 6.56. The predicted octanol–water partition coefficient (Wildman–Crippen LogP) is 4.81. The molecule has 0 amide bonds. The highest BCUT2D eigenvalue weighted by Crippen LogP contribution is 2.37. The van der Waals surface area contributed by atoms with Gasteiger partial charge in [0.1, 0.15) is 0 Å². The molecule has 0 spiro atoms. The van der Waals surface area contributed by atoms with Gasteiger partial charge in [-0.05, 0) is 37.0 Å². The molecule has 0 radical (unpaired) electrons. The van der Waals surface area contributed by atoms with Gasteiger partial charge in [0, 0.05) is 4.47 Å². The SMILES string of the molecule is O=C(O)C1(Cc2ccc(Br)cc2)CCCCCCC1. The maximum absolute atomic E-state index is 11.8. The maximum Gasteiger partial charge on any atom is 0.309 e. The first-order valence-corrected chi connectivity index (χ1v) is 7.90. The van der Waals surface area contributed by atoms with Crippen LogP contribution in [0.3, 0.4) is 0 Å². The highest BCUT2D eigenvalue weighted by molar-refractivity contribution is 9.10. The molecule has 1 fully saturated rings. The van der Waals surface area contributed by atoms with E-state index < -0.39 is 11.4 Å². The Hall–Kier alpha value is -0.830. The van der Waals surface area contributed by atoms with E-state index in [4.69, 9.17) is 0 Å². The molecular formula is C16H21BrO2. The molecule has 1 aromatic rings. The highest BCUT2D eigenvalue weighted by atomic mass is 79.9. The molecule has 2 rings (SSSR count). The summed E-state index contributed by atoms with van der Waals surface area (Å²) in [6, 6.07) is 8.06. The van der Waals surface area contributed by atoms with Crippen LogP contribution in [0.4, 0.5) is 0 Å². The van der Waals surface area contributed by atoms with Crippen molar-refractivity contribution in [1.82, 2.24) is 0 Å². The van der Waals surface area contributed by atoms with Gasteiger partial charge >= 0.3 is 5.97 Å². The second-order valence-corrected chi connectivity index (χ2v) is 6.57. The standard InChI is InChI=1S/C16H21BrO2/c17-14-8-6-13(7-9-14)12-16(15(18)19)10-4-2-1-3-5-11-16/h6-9H,1-5,10-12H2,(H,18,19). The molecule has 1 aliphatic rings. The average Bonchev–Trinajstić information content (AvgIpc) is 2.35. The van der Waals surface area contributed by atoms with Crippen LogP contribution in [0.2, 0.25) is 0 Å². The van der Waals surface area contributed by atoms with E-state index in [9.17, 15) is 9.90 Å². The first-order chi connectivity index (χ1) is 9.12. The topological polar surface area (TPSA) is 37.3 Å². The van der Waals surface area contributed by atoms with Crippen molar-refractivity contribution in [3.63, 3.8) is 0 Å². The summed E-state index contributed by atoms with van der Waals surface area (Å²) < 4.78 is 1.04. The Balaban J connectivity index is 2.17. The summed E-state index contributed by atoms with van der Waals surface area (Å²) in [5.41, 5.74) is 0.583. The zero-order valence-corrected chi connectivity index (χ0v) is 12.8. The third-order valence-electron chi connectivity index (χ3n) is 4.22. The summed E-state index contributed by atoms with van der Waals surface area (Å²) in [6.45, 7) is 0. The minimum Gasteiger partial charge on any atom is -0.481 e. The van der Waals surface area contributed by atoms with Gasteiger partial charge in [-0.15, -0.1) is 0 Å². The fraction of sp³-hybridized carbons (Fsp3) is 0.562. The van der Waals surface area contributed by atoms with Gasteiger partial charge in [-0.1, -0.05) is 60.2 Å². The quantitative estimate of drug-likeness (QED) is 0.866. The molecule has 104 valence electrons. The molecule has 0 atom stereocenters. The van der Waals surface area contributed by atoms with E-state index in [2.05, 4.69) is 15.9 Å². The van der Waals surface area contributed by atoms with Crippen LogP contribution in [0.15, 0.2) is 28.7 Å². The Bertz CT molecular complexity index is 417. The Kier molecular flexibility index (Phi) is 5.03. The van der Waals surface area contributed by atoms with Crippen molar-refractivity contribution in [2.75, 3.05) is 0 Å². The lowest BCUT2D eigenvalue weighted by molar-refractivity contribution is -0.150. The van der Waals surface area contributed by atoms with Gasteiger partial charge in [0.2, 0.25) is 0 Å². The zero-order chi connectivity index (χ0) is 13.7. The molecule has 1 aromatic carbocycles. The lowest BCUT2D eigenvalue weighted by Gasteiger charge is -2.31. The third kappa shape index (κ3) is 3.82. The summed E-state index contributed by atoms with van der Waals surface area (Å²) in [7, 11) is 0. The van der Waals surface area contributed by atoms with Crippen LogP contribution < -0.4 is 0 Å². The fourth-order valence-corrected chi connectivity index (χ4v) is 3.31. The molecule has 0 unspecified atom stereocenters. The summed E-state index contributed by atoms with van der Waals surface area (Å²) in [5, 5.41) is 9.71. The molecule has 0 bridgehead atoms.